The quantitative estimate of drug-likeness (QED) is 0.724. The van der Waals surface area contributed by atoms with Crippen molar-refractivity contribution in [1.29, 1.82) is 0 Å². The van der Waals surface area contributed by atoms with Crippen LogP contribution in [0.5, 0.6) is 5.75 Å². The van der Waals surface area contributed by atoms with Gasteiger partial charge in [0.2, 0.25) is 5.28 Å². The van der Waals surface area contributed by atoms with Gasteiger partial charge in [-0.05, 0) is 30.4 Å². The number of likely N-dealkylation sites (N-methyl/N-ethyl adjacent to an activating group) is 1. The third-order valence-electron chi connectivity index (χ3n) is 4.09. The summed E-state index contributed by atoms with van der Waals surface area (Å²) in [5.74, 6) is 2.12. The van der Waals surface area contributed by atoms with E-state index in [2.05, 4.69) is 9.97 Å². The Bertz CT molecular complexity index is 608. The third-order valence-corrected chi connectivity index (χ3v) is 5.99. The Hall–Kier alpha value is -1.08. The normalized spacial score (nSPS) is 25.9. The minimum absolute atomic E-state index is 0.129. The molecule has 20 heavy (non-hydrogen) atoms. The van der Waals surface area contributed by atoms with E-state index in [-0.39, 0.29) is 22.8 Å². The van der Waals surface area contributed by atoms with E-state index in [0.29, 0.717) is 36.9 Å². The van der Waals surface area contributed by atoms with E-state index < -0.39 is 9.84 Å². The van der Waals surface area contributed by atoms with Crippen LogP contribution in [-0.4, -0.2) is 49.6 Å². The fraction of sp³-hybridized carbons (Fsp3) is 0.667. The molecule has 110 valence electrons. The van der Waals surface area contributed by atoms with Crippen LogP contribution in [0.4, 0.5) is 5.82 Å². The summed E-state index contributed by atoms with van der Waals surface area (Å²) < 4.78 is 28.7. The van der Waals surface area contributed by atoms with Gasteiger partial charge in [-0.3, -0.25) is 0 Å². The lowest BCUT2D eigenvalue weighted by Gasteiger charge is -2.40. The molecular weight excluding hydrogens is 302 g/mol. The average molecular weight is 318 g/mol. The number of hydrogen-bond acceptors (Lipinski definition) is 6. The highest BCUT2D eigenvalue weighted by Crippen LogP contribution is 2.35. The first kappa shape index (κ1) is 13.9. The zero-order chi connectivity index (χ0) is 14.3. The van der Waals surface area contributed by atoms with Crippen molar-refractivity contribution in [3.63, 3.8) is 0 Å². The number of sulfone groups is 1. The van der Waals surface area contributed by atoms with Gasteiger partial charge in [0.1, 0.15) is 16.4 Å². The van der Waals surface area contributed by atoms with Gasteiger partial charge >= 0.3 is 0 Å². The van der Waals surface area contributed by atoms with E-state index in [4.69, 9.17) is 16.3 Å². The predicted octanol–water partition coefficient (Wildman–Crippen LogP) is 1.15. The number of anilines is 1. The zero-order valence-corrected chi connectivity index (χ0v) is 12.7. The van der Waals surface area contributed by atoms with Crippen molar-refractivity contribution in [2.75, 3.05) is 30.1 Å². The molecule has 8 heteroatoms. The maximum atomic E-state index is 11.5. The van der Waals surface area contributed by atoms with Gasteiger partial charge in [0.25, 0.3) is 0 Å². The number of hydrogen-bond donors (Lipinski definition) is 0. The lowest BCUT2D eigenvalue weighted by molar-refractivity contribution is 0.213. The fourth-order valence-electron chi connectivity index (χ4n) is 2.88. The largest absolute Gasteiger partial charge is 0.486 e. The van der Waals surface area contributed by atoms with Crippen LogP contribution >= 0.6 is 11.6 Å². The Kier molecular flexibility index (Phi) is 3.50. The molecule has 0 bridgehead atoms. The molecule has 1 aromatic rings. The van der Waals surface area contributed by atoms with Gasteiger partial charge in [-0.15, -0.1) is 0 Å². The summed E-state index contributed by atoms with van der Waals surface area (Å²) in [4.78, 5) is 10.1. The SMILES string of the molecule is CN1c2nc(Cl)ncc2OCC1C1CCS(=O)(=O)CC1. The Morgan fingerprint density at radius 3 is 2.80 bits per heavy atom. The van der Waals surface area contributed by atoms with Gasteiger partial charge < -0.3 is 9.64 Å². The van der Waals surface area contributed by atoms with Crippen molar-refractivity contribution in [2.45, 2.75) is 18.9 Å². The molecule has 0 N–H and O–H groups in total. The summed E-state index contributed by atoms with van der Waals surface area (Å²) in [5.41, 5.74) is 0. The number of ether oxygens (including phenoxy) is 1. The van der Waals surface area contributed by atoms with Crippen LogP contribution in [-0.2, 0) is 9.84 Å². The van der Waals surface area contributed by atoms with Crippen molar-refractivity contribution >= 4 is 27.3 Å². The lowest BCUT2D eigenvalue weighted by Crippen LogP contribution is -2.48. The average Bonchev–Trinajstić information content (AvgIpc) is 2.41. The van der Waals surface area contributed by atoms with Crippen molar-refractivity contribution in [2.24, 2.45) is 5.92 Å². The predicted molar refractivity (Wildman–Crippen MR) is 76.1 cm³/mol. The Morgan fingerprint density at radius 1 is 1.40 bits per heavy atom. The fourth-order valence-corrected chi connectivity index (χ4v) is 4.54. The Balaban J connectivity index is 1.80. The van der Waals surface area contributed by atoms with Crippen LogP contribution in [0.3, 0.4) is 0 Å². The van der Waals surface area contributed by atoms with Crippen molar-refractivity contribution in [1.82, 2.24) is 9.97 Å². The van der Waals surface area contributed by atoms with Crippen molar-refractivity contribution in [3.8, 4) is 5.75 Å². The molecule has 1 saturated heterocycles. The Morgan fingerprint density at radius 2 is 2.10 bits per heavy atom. The van der Waals surface area contributed by atoms with E-state index in [1.807, 2.05) is 11.9 Å². The molecule has 1 fully saturated rings. The minimum Gasteiger partial charge on any atom is -0.486 e. The lowest BCUT2D eigenvalue weighted by atomic mass is 9.92. The van der Waals surface area contributed by atoms with Crippen LogP contribution in [0, 0.1) is 5.92 Å². The first-order valence-electron chi connectivity index (χ1n) is 6.55. The zero-order valence-electron chi connectivity index (χ0n) is 11.1. The van der Waals surface area contributed by atoms with Crippen molar-refractivity contribution in [3.05, 3.63) is 11.5 Å². The first-order chi connectivity index (χ1) is 9.46. The van der Waals surface area contributed by atoms with E-state index in [1.165, 1.54) is 0 Å². The van der Waals surface area contributed by atoms with E-state index >= 15 is 0 Å². The second-order valence-electron chi connectivity index (χ2n) is 5.31. The number of aromatic nitrogens is 2. The second-order valence-corrected chi connectivity index (χ2v) is 7.95. The molecule has 0 radical (unpaired) electrons. The molecule has 0 saturated carbocycles. The summed E-state index contributed by atoms with van der Waals surface area (Å²) in [6, 6.07) is 0.129. The third kappa shape index (κ3) is 2.56. The molecule has 1 aromatic heterocycles. The molecule has 0 aromatic carbocycles. The number of halogens is 1. The number of fused-ring (bicyclic) bond motifs is 1. The Labute approximate surface area is 123 Å². The van der Waals surface area contributed by atoms with Crippen molar-refractivity contribution < 1.29 is 13.2 Å². The van der Waals surface area contributed by atoms with E-state index in [1.54, 1.807) is 6.20 Å². The molecule has 1 atom stereocenters. The van der Waals surface area contributed by atoms with Crippen LogP contribution in [0.2, 0.25) is 5.28 Å². The van der Waals surface area contributed by atoms with Gasteiger partial charge in [0.05, 0.1) is 23.7 Å². The van der Waals surface area contributed by atoms with E-state index in [0.717, 1.165) is 0 Å². The monoisotopic (exact) mass is 317 g/mol. The highest BCUT2D eigenvalue weighted by atomic mass is 35.5. The van der Waals surface area contributed by atoms with E-state index in [9.17, 15) is 8.42 Å². The van der Waals surface area contributed by atoms with Gasteiger partial charge in [-0.2, -0.15) is 4.98 Å². The standard InChI is InChI=1S/C12H16ClN3O3S/c1-16-9(8-2-4-20(17,18)5-3-8)7-19-10-6-14-12(13)15-11(10)16/h6,8-9H,2-5,7H2,1H3. The van der Waals surface area contributed by atoms with Gasteiger partial charge in [0.15, 0.2) is 11.6 Å². The summed E-state index contributed by atoms with van der Waals surface area (Å²) in [6.45, 7) is 0.527. The van der Waals surface area contributed by atoms with Crippen LogP contribution in [0.1, 0.15) is 12.8 Å². The number of nitrogens with zero attached hydrogens (tertiary/aromatic N) is 3. The molecular formula is C12H16ClN3O3S. The molecule has 0 spiro atoms. The molecule has 0 aliphatic carbocycles. The molecule has 3 rings (SSSR count). The van der Waals surface area contributed by atoms with Gasteiger partial charge in [-0.25, -0.2) is 13.4 Å². The van der Waals surface area contributed by atoms with Gasteiger partial charge in [0, 0.05) is 7.05 Å². The molecule has 2 aliphatic rings. The molecule has 1 unspecified atom stereocenters. The highest BCUT2D eigenvalue weighted by Gasteiger charge is 2.36. The molecule has 2 aliphatic heterocycles. The molecule has 0 amide bonds. The smallest absolute Gasteiger partial charge is 0.224 e. The summed E-state index contributed by atoms with van der Waals surface area (Å²) in [5, 5.41) is 0.186. The van der Waals surface area contributed by atoms with Crippen LogP contribution in [0.25, 0.3) is 0 Å². The van der Waals surface area contributed by atoms with Crippen LogP contribution in [0.15, 0.2) is 6.20 Å². The van der Waals surface area contributed by atoms with Gasteiger partial charge in [-0.1, -0.05) is 0 Å². The maximum Gasteiger partial charge on any atom is 0.224 e. The summed E-state index contributed by atoms with van der Waals surface area (Å²) >= 11 is 5.83. The second kappa shape index (κ2) is 5.04. The minimum atomic E-state index is -2.85. The molecule has 3 heterocycles. The molecule has 6 nitrogen and oxygen atoms in total. The number of rotatable bonds is 1. The maximum absolute atomic E-state index is 11.5. The topological polar surface area (TPSA) is 72.4 Å². The highest BCUT2D eigenvalue weighted by molar-refractivity contribution is 7.91. The van der Waals surface area contributed by atoms with Crippen LogP contribution < -0.4 is 9.64 Å². The summed E-state index contributed by atoms with van der Waals surface area (Å²) in [6.07, 6.45) is 2.92. The summed E-state index contributed by atoms with van der Waals surface area (Å²) in [7, 11) is -0.902. The first-order valence-corrected chi connectivity index (χ1v) is 8.75.